The van der Waals surface area contributed by atoms with E-state index < -0.39 is 5.24 Å². The van der Waals surface area contributed by atoms with E-state index in [0.717, 1.165) is 6.42 Å². The van der Waals surface area contributed by atoms with E-state index in [-0.39, 0.29) is 5.38 Å². The molecule has 68 valence electrons. The van der Waals surface area contributed by atoms with Gasteiger partial charge in [-0.2, -0.15) is 0 Å². The van der Waals surface area contributed by atoms with Crippen LogP contribution in [0.4, 0.5) is 0 Å². The van der Waals surface area contributed by atoms with Crippen LogP contribution in [0.1, 0.15) is 28.3 Å². The molecule has 1 saturated carbocycles. The minimum Gasteiger partial charge on any atom is -0.276 e. The molecule has 0 N–H and O–H groups in total. The molecule has 1 fully saturated rings. The second kappa shape index (κ2) is 3.32. The standard InChI is InChI=1S/C10H8Cl2O/c11-9-5-8(9)6-1-3-7(4-2-6)10(12)13/h1-4,8-9H,5H2/t8-,9-/m1/s1. The van der Waals surface area contributed by atoms with Gasteiger partial charge in [-0.05, 0) is 35.7 Å². The second-order valence-electron chi connectivity index (χ2n) is 3.25. The maximum atomic E-state index is 10.7. The Hall–Kier alpha value is -0.530. The first-order valence-corrected chi connectivity index (χ1v) is 4.94. The molecule has 0 spiro atoms. The molecule has 1 aliphatic carbocycles. The summed E-state index contributed by atoms with van der Waals surface area (Å²) in [5.41, 5.74) is 1.74. The van der Waals surface area contributed by atoms with Crippen molar-refractivity contribution in [2.45, 2.75) is 17.7 Å². The lowest BCUT2D eigenvalue weighted by Crippen LogP contribution is -1.89. The van der Waals surface area contributed by atoms with E-state index in [0.29, 0.717) is 11.5 Å². The highest BCUT2D eigenvalue weighted by molar-refractivity contribution is 6.67. The zero-order valence-corrected chi connectivity index (χ0v) is 8.35. The molecule has 1 nitrogen and oxygen atoms in total. The molecule has 3 heteroatoms. The first kappa shape index (κ1) is 9.04. The molecule has 1 aromatic rings. The third-order valence-electron chi connectivity index (χ3n) is 2.28. The van der Waals surface area contributed by atoms with Crippen LogP contribution in [0.3, 0.4) is 0 Å². The monoisotopic (exact) mass is 214 g/mol. The van der Waals surface area contributed by atoms with Crippen LogP contribution in [-0.2, 0) is 0 Å². The third kappa shape index (κ3) is 1.87. The highest BCUT2D eigenvalue weighted by atomic mass is 35.5. The molecular formula is C10H8Cl2O. The minimum atomic E-state index is -0.412. The number of rotatable bonds is 2. The topological polar surface area (TPSA) is 17.1 Å². The Morgan fingerprint density at radius 3 is 2.23 bits per heavy atom. The molecule has 0 radical (unpaired) electrons. The summed E-state index contributed by atoms with van der Waals surface area (Å²) in [6.07, 6.45) is 1.04. The first-order valence-electron chi connectivity index (χ1n) is 4.12. The van der Waals surface area contributed by atoms with E-state index in [1.54, 1.807) is 12.1 Å². The number of hydrogen-bond donors (Lipinski definition) is 0. The van der Waals surface area contributed by atoms with Gasteiger partial charge < -0.3 is 0 Å². The zero-order valence-electron chi connectivity index (χ0n) is 6.84. The van der Waals surface area contributed by atoms with Gasteiger partial charge in [0, 0.05) is 16.9 Å². The fourth-order valence-electron chi connectivity index (χ4n) is 1.37. The van der Waals surface area contributed by atoms with Gasteiger partial charge in [-0.25, -0.2) is 0 Å². The lowest BCUT2D eigenvalue weighted by Gasteiger charge is -1.98. The molecule has 2 atom stereocenters. The molecule has 2 rings (SSSR count). The van der Waals surface area contributed by atoms with Crippen molar-refractivity contribution in [3.05, 3.63) is 35.4 Å². The van der Waals surface area contributed by atoms with Crippen LogP contribution in [0.5, 0.6) is 0 Å². The molecule has 1 aliphatic rings. The van der Waals surface area contributed by atoms with Gasteiger partial charge in [0.15, 0.2) is 0 Å². The first-order chi connectivity index (χ1) is 6.18. The van der Waals surface area contributed by atoms with Crippen molar-refractivity contribution in [3.63, 3.8) is 0 Å². The van der Waals surface area contributed by atoms with Crippen LogP contribution >= 0.6 is 23.2 Å². The molecule has 0 saturated heterocycles. The predicted molar refractivity (Wildman–Crippen MR) is 53.6 cm³/mol. The van der Waals surface area contributed by atoms with E-state index in [2.05, 4.69) is 0 Å². The van der Waals surface area contributed by atoms with Gasteiger partial charge in [-0.3, -0.25) is 4.79 Å². The molecule has 0 aromatic heterocycles. The van der Waals surface area contributed by atoms with Crippen molar-refractivity contribution in [3.8, 4) is 0 Å². The smallest absolute Gasteiger partial charge is 0.252 e. The lowest BCUT2D eigenvalue weighted by atomic mass is 10.1. The second-order valence-corrected chi connectivity index (χ2v) is 4.16. The number of benzene rings is 1. The van der Waals surface area contributed by atoms with Gasteiger partial charge in [0.1, 0.15) is 0 Å². The predicted octanol–water partition coefficient (Wildman–Crippen LogP) is 3.16. The normalized spacial score (nSPS) is 25.7. The van der Waals surface area contributed by atoms with Crippen molar-refractivity contribution >= 4 is 28.4 Å². The highest BCUT2D eigenvalue weighted by Crippen LogP contribution is 2.45. The van der Waals surface area contributed by atoms with Gasteiger partial charge in [0.05, 0.1) is 0 Å². The summed E-state index contributed by atoms with van der Waals surface area (Å²) in [6, 6.07) is 7.32. The van der Waals surface area contributed by atoms with E-state index in [4.69, 9.17) is 23.2 Å². The molecule has 13 heavy (non-hydrogen) atoms. The number of alkyl halides is 1. The quantitative estimate of drug-likeness (QED) is 0.547. The van der Waals surface area contributed by atoms with Crippen molar-refractivity contribution < 1.29 is 4.79 Å². The maximum absolute atomic E-state index is 10.7. The molecule has 0 amide bonds. The van der Waals surface area contributed by atoms with E-state index in [1.807, 2.05) is 12.1 Å². The largest absolute Gasteiger partial charge is 0.276 e. The molecule has 1 aromatic carbocycles. The summed E-state index contributed by atoms with van der Waals surface area (Å²) in [4.78, 5) is 10.7. The Bertz CT molecular complexity index is 331. The minimum absolute atomic E-state index is 0.276. The van der Waals surface area contributed by atoms with Crippen LogP contribution in [0.2, 0.25) is 0 Å². The van der Waals surface area contributed by atoms with Crippen LogP contribution in [0.25, 0.3) is 0 Å². The summed E-state index contributed by atoms with van der Waals surface area (Å²) < 4.78 is 0. The van der Waals surface area contributed by atoms with Crippen molar-refractivity contribution in [2.24, 2.45) is 0 Å². The van der Waals surface area contributed by atoms with Crippen LogP contribution in [-0.4, -0.2) is 10.6 Å². The fourth-order valence-corrected chi connectivity index (χ4v) is 1.83. The Morgan fingerprint density at radius 2 is 1.85 bits per heavy atom. The molecule has 0 heterocycles. The Morgan fingerprint density at radius 1 is 1.31 bits per heavy atom. The third-order valence-corrected chi connectivity index (χ3v) is 2.98. The van der Waals surface area contributed by atoms with Gasteiger partial charge in [-0.15, -0.1) is 11.6 Å². The number of carbonyl (C=O) groups is 1. The lowest BCUT2D eigenvalue weighted by molar-refractivity contribution is 0.108. The Kier molecular flexibility index (Phi) is 2.31. The van der Waals surface area contributed by atoms with Crippen LogP contribution < -0.4 is 0 Å². The summed E-state index contributed by atoms with van der Waals surface area (Å²) >= 11 is 11.2. The van der Waals surface area contributed by atoms with Gasteiger partial charge >= 0.3 is 0 Å². The van der Waals surface area contributed by atoms with Gasteiger partial charge in [-0.1, -0.05) is 12.1 Å². The van der Waals surface area contributed by atoms with E-state index in [1.165, 1.54) is 5.56 Å². The number of hydrogen-bond acceptors (Lipinski definition) is 1. The average molecular weight is 215 g/mol. The molecule has 0 unspecified atom stereocenters. The van der Waals surface area contributed by atoms with E-state index >= 15 is 0 Å². The summed E-state index contributed by atoms with van der Waals surface area (Å²) in [5.74, 6) is 0.473. The zero-order chi connectivity index (χ0) is 9.42. The Balaban J connectivity index is 2.19. The highest BCUT2D eigenvalue weighted by Gasteiger charge is 2.36. The average Bonchev–Trinajstić information content (AvgIpc) is 2.83. The van der Waals surface area contributed by atoms with Crippen LogP contribution in [0.15, 0.2) is 24.3 Å². The number of carbonyl (C=O) groups excluding carboxylic acids is 1. The SMILES string of the molecule is O=C(Cl)c1ccc([C@H]2C[C@H]2Cl)cc1. The van der Waals surface area contributed by atoms with Crippen molar-refractivity contribution in [2.75, 3.05) is 0 Å². The summed E-state index contributed by atoms with van der Waals surface area (Å²) in [6.45, 7) is 0. The van der Waals surface area contributed by atoms with E-state index in [9.17, 15) is 4.79 Å². The molecular weight excluding hydrogens is 207 g/mol. The van der Waals surface area contributed by atoms with Gasteiger partial charge in [0.2, 0.25) is 0 Å². The Labute approximate surface area is 86.7 Å². The van der Waals surface area contributed by atoms with Crippen molar-refractivity contribution in [1.29, 1.82) is 0 Å². The number of halogens is 2. The van der Waals surface area contributed by atoms with Crippen molar-refractivity contribution in [1.82, 2.24) is 0 Å². The summed E-state index contributed by atoms with van der Waals surface area (Å²) in [5, 5.41) is -0.137. The molecule has 0 aliphatic heterocycles. The maximum Gasteiger partial charge on any atom is 0.252 e. The fraction of sp³-hybridized carbons (Fsp3) is 0.300. The molecule has 0 bridgehead atoms. The van der Waals surface area contributed by atoms with Gasteiger partial charge in [0.25, 0.3) is 5.24 Å². The summed E-state index contributed by atoms with van der Waals surface area (Å²) in [7, 11) is 0. The van der Waals surface area contributed by atoms with Crippen LogP contribution in [0, 0.1) is 0 Å².